The molecular weight excluding hydrogens is 1240 g/mol. The van der Waals surface area contributed by atoms with Gasteiger partial charge in [0.2, 0.25) is 9.84 Å². The summed E-state index contributed by atoms with van der Waals surface area (Å²) in [5, 5.41) is 3.12. The third-order valence-corrected chi connectivity index (χ3v) is 21.2. The van der Waals surface area contributed by atoms with Crippen LogP contribution in [0.3, 0.4) is 0 Å². The molecule has 16 nitrogen and oxygen atoms in total. The van der Waals surface area contributed by atoms with E-state index in [0.717, 1.165) is 60.3 Å². The number of aldehydes is 1. The molecule has 0 bridgehead atoms. The number of thiol groups is 1. The molecule has 0 saturated heterocycles. The van der Waals surface area contributed by atoms with Gasteiger partial charge in [-0.05, 0) is 103 Å². The summed E-state index contributed by atoms with van der Waals surface area (Å²) in [5.74, 6) is 0. The number of nitrogens with zero attached hydrogens (tertiary/aromatic N) is 4. The van der Waals surface area contributed by atoms with Gasteiger partial charge in [0, 0.05) is 41.3 Å². The number of pyridine rings is 4. The van der Waals surface area contributed by atoms with Crippen molar-refractivity contribution in [3.05, 3.63) is 146 Å². The zero-order chi connectivity index (χ0) is 54.2. The van der Waals surface area contributed by atoms with Crippen molar-refractivity contribution < 1.29 is 46.9 Å². The van der Waals surface area contributed by atoms with E-state index in [1.807, 2.05) is 35.7 Å². The number of rotatable bonds is 13. The van der Waals surface area contributed by atoms with E-state index in [2.05, 4.69) is 45.6 Å². The SMILES string of the molecule is C.CCc1ccc(Sc2cccc(S(C)(=O)=O)n2)s1.CS(=O)(=O)c1cccc(Cl)n1.CS(=O)(=O)c1cccc(S(=O)(=O)c2ccc(CN)s2)n1.CS(=O)(=O)c1cccc(Sc2ccc(C=O)s2)n1.Cl.Sc1cccs1. The zero-order valence-corrected chi connectivity index (χ0v) is 50.6. The summed E-state index contributed by atoms with van der Waals surface area (Å²) in [7, 11) is -17.1. The number of sulfone groups is 5. The molecule has 0 aliphatic rings. The molecule has 0 aliphatic heterocycles. The highest BCUT2D eigenvalue weighted by atomic mass is 35.5. The third-order valence-electron chi connectivity index (χ3n) is 8.30. The quantitative estimate of drug-likeness (QED) is 0.0617. The van der Waals surface area contributed by atoms with Crippen molar-refractivity contribution >= 4 is 161 Å². The average molecular weight is 1290 g/mol. The van der Waals surface area contributed by atoms with Crippen molar-refractivity contribution in [2.45, 2.75) is 79.3 Å². The Morgan fingerprint density at radius 1 is 0.560 bits per heavy atom. The van der Waals surface area contributed by atoms with Crippen LogP contribution >= 0.6 is 106 Å². The second-order valence-corrected chi connectivity index (χ2v) is 32.4. The maximum atomic E-state index is 12.4. The van der Waals surface area contributed by atoms with Crippen molar-refractivity contribution in [1.29, 1.82) is 0 Å². The van der Waals surface area contributed by atoms with Crippen LogP contribution < -0.4 is 5.73 Å². The predicted molar refractivity (Wildman–Crippen MR) is 309 cm³/mol. The zero-order valence-electron chi connectivity index (χ0n) is 39.2. The molecule has 0 saturated carbocycles. The summed E-state index contributed by atoms with van der Waals surface area (Å²) < 4.78 is 118. The monoisotopic (exact) mass is 1290 g/mol. The van der Waals surface area contributed by atoms with Crippen LogP contribution in [0.5, 0.6) is 0 Å². The van der Waals surface area contributed by atoms with Gasteiger partial charge in [0.25, 0.3) is 0 Å². The second-order valence-electron chi connectivity index (χ2n) is 14.3. The predicted octanol–water partition coefficient (Wildman–Crippen LogP) is 10.8. The maximum absolute atomic E-state index is 12.4. The lowest BCUT2D eigenvalue weighted by atomic mass is 10.4. The van der Waals surface area contributed by atoms with Crippen molar-refractivity contribution in [1.82, 2.24) is 19.9 Å². The normalized spacial score (nSPS) is 11.3. The first-order chi connectivity index (χ1) is 34.1. The fourth-order valence-corrected chi connectivity index (χ4v) is 14.9. The van der Waals surface area contributed by atoms with Crippen LogP contribution in [0, 0.1) is 0 Å². The Bertz CT molecular complexity index is 3700. The molecule has 0 radical (unpaired) electrons. The van der Waals surface area contributed by atoms with Gasteiger partial charge in [-0.2, -0.15) is 0 Å². The summed E-state index contributed by atoms with van der Waals surface area (Å²) in [6.45, 7) is 2.36. The fourth-order valence-electron chi connectivity index (χ4n) is 4.91. The Morgan fingerprint density at radius 3 is 1.40 bits per heavy atom. The number of nitrogens with two attached hydrogens (primary N) is 1. The topological polar surface area (TPSA) is 265 Å². The number of aromatic nitrogens is 4. The van der Waals surface area contributed by atoms with Gasteiger partial charge in [0.05, 0.1) is 17.5 Å². The van der Waals surface area contributed by atoms with Gasteiger partial charge in [-0.25, -0.2) is 62.0 Å². The Balaban J connectivity index is 0.000000331. The molecule has 0 aromatic carbocycles. The van der Waals surface area contributed by atoms with E-state index in [0.29, 0.717) is 14.9 Å². The van der Waals surface area contributed by atoms with Crippen LogP contribution in [-0.4, -0.2) is 93.3 Å². The average Bonchev–Trinajstić information content (AvgIpc) is 4.19. The Labute approximate surface area is 479 Å². The number of aryl methyl sites for hydroxylation is 1. The van der Waals surface area contributed by atoms with Crippen molar-refractivity contribution in [2.75, 3.05) is 25.0 Å². The molecule has 2 N–H and O–H groups in total. The van der Waals surface area contributed by atoms with E-state index in [1.54, 1.807) is 59.1 Å². The first-order valence-corrected chi connectivity index (χ1v) is 35.1. The largest absolute Gasteiger partial charge is 0.326 e. The van der Waals surface area contributed by atoms with E-state index >= 15 is 0 Å². The smallest absolute Gasteiger partial charge is 0.233 e. The van der Waals surface area contributed by atoms with Crippen LogP contribution in [0.4, 0.5) is 0 Å². The van der Waals surface area contributed by atoms with Crippen LogP contribution in [0.1, 0.15) is 33.8 Å². The van der Waals surface area contributed by atoms with E-state index in [1.165, 1.54) is 94.5 Å². The molecule has 0 spiro atoms. The van der Waals surface area contributed by atoms with E-state index in [9.17, 15) is 46.9 Å². The lowest BCUT2D eigenvalue weighted by Gasteiger charge is -2.03. The molecule has 8 heterocycles. The first kappa shape index (κ1) is 67.5. The van der Waals surface area contributed by atoms with Gasteiger partial charge in [-0.15, -0.1) is 70.4 Å². The molecule has 8 aromatic rings. The van der Waals surface area contributed by atoms with E-state index in [-0.39, 0.29) is 60.9 Å². The number of hydrogen-bond donors (Lipinski definition) is 2. The Hall–Kier alpha value is -3.59. The molecule has 0 unspecified atom stereocenters. The first-order valence-electron chi connectivity index (χ1n) is 20.2. The van der Waals surface area contributed by atoms with Crippen LogP contribution in [0.25, 0.3) is 0 Å². The molecule has 75 heavy (non-hydrogen) atoms. The van der Waals surface area contributed by atoms with Crippen molar-refractivity contribution in [2.24, 2.45) is 5.73 Å². The molecule has 8 aromatic heterocycles. The van der Waals surface area contributed by atoms with Crippen LogP contribution in [0.2, 0.25) is 5.15 Å². The van der Waals surface area contributed by atoms with E-state index < -0.39 is 49.2 Å². The molecule has 30 heteroatoms. The molecule has 406 valence electrons. The second kappa shape index (κ2) is 30.5. The third kappa shape index (κ3) is 22.7. The van der Waals surface area contributed by atoms with Crippen LogP contribution in [-0.2, 0) is 62.2 Å². The van der Waals surface area contributed by atoms with Gasteiger partial charge in [0.15, 0.2) is 70.8 Å². The number of thiophene rings is 4. The van der Waals surface area contributed by atoms with E-state index in [4.69, 9.17) is 17.3 Å². The molecule has 0 fully saturated rings. The van der Waals surface area contributed by atoms with Gasteiger partial charge in [-0.3, -0.25) is 4.79 Å². The van der Waals surface area contributed by atoms with Gasteiger partial charge in [0.1, 0.15) is 19.4 Å². The van der Waals surface area contributed by atoms with Gasteiger partial charge in [-0.1, -0.05) is 79.8 Å². The summed E-state index contributed by atoms with van der Waals surface area (Å²) in [4.78, 5) is 28.8. The van der Waals surface area contributed by atoms with Crippen molar-refractivity contribution in [3.8, 4) is 0 Å². The maximum Gasteiger partial charge on any atom is 0.233 e. The standard InChI is InChI=1S/C12H13NO2S3.C11H12N2O4S3.C11H9NO3S3.C6H6ClNO2S.C4H4S2.CH4.ClH/c1-3-9-7-8-12(16-9)17-10-5-4-6-11(13-10)18(2,14)15;1-19(14,15)9-3-2-4-10(13-9)20(16,17)11-6-5-8(7-12)18-11;1-18(14,15)10-4-2-3-9(12-10)17-11-6-5-8(7-13)16-11;1-11(9,10)6-4-2-3-5(7)8-6;5-4-2-1-3-6-4;;/h4-8H,3H2,1-2H3;2-6H,7,12H2,1H3;2-7H,1H3;2-4H,1H3;1-3,5H;1H4;1H. The number of hydrogen-bond acceptors (Lipinski definition) is 23. The lowest BCUT2D eigenvalue weighted by Crippen LogP contribution is -2.07. The summed E-state index contributed by atoms with van der Waals surface area (Å²) in [5.41, 5.74) is 5.45. The minimum atomic E-state index is -3.82. The summed E-state index contributed by atoms with van der Waals surface area (Å²) in [6.07, 6.45) is 6.16. The molecule has 8 rings (SSSR count). The van der Waals surface area contributed by atoms with Crippen LogP contribution in [0.15, 0.2) is 179 Å². The number of carbonyl (C=O) groups is 1. The Kier molecular flexibility index (Phi) is 27.5. The highest BCUT2D eigenvalue weighted by Gasteiger charge is 2.23. The molecule has 0 amide bonds. The fraction of sp³-hybridized carbons (Fsp3) is 0.178. The minimum absolute atomic E-state index is 0. The number of carbonyl (C=O) groups excluding carboxylic acids is 1. The molecule has 0 atom stereocenters. The van der Waals surface area contributed by atoms with Gasteiger partial charge < -0.3 is 5.73 Å². The molecule has 0 aliphatic carbocycles. The highest BCUT2D eigenvalue weighted by molar-refractivity contribution is 8.01. The Morgan fingerprint density at radius 2 is 1.01 bits per heavy atom. The highest BCUT2D eigenvalue weighted by Crippen LogP contribution is 2.34. The summed E-state index contributed by atoms with van der Waals surface area (Å²) >= 11 is 18.1. The van der Waals surface area contributed by atoms with Crippen molar-refractivity contribution in [3.63, 3.8) is 0 Å². The summed E-state index contributed by atoms with van der Waals surface area (Å²) in [6, 6.07) is 33.0. The lowest BCUT2D eigenvalue weighted by molar-refractivity contribution is 0.112. The molecular formula is C45H49Cl2N5O11S12. The van der Waals surface area contributed by atoms with Gasteiger partial charge >= 0.3 is 0 Å². The number of halogens is 2. The minimum Gasteiger partial charge on any atom is -0.326 e.